The van der Waals surface area contributed by atoms with Gasteiger partial charge in [0.25, 0.3) is 0 Å². The summed E-state index contributed by atoms with van der Waals surface area (Å²) in [4.78, 5) is 2.32. The van der Waals surface area contributed by atoms with Crippen LogP contribution < -0.4 is 5.73 Å². The van der Waals surface area contributed by atoms with Crippen LogP contribution in [0.2, 0.25) is 0 Å². The maximum absolute atomic E-state index is 5.67. The first kappa shape index (κ1) is 17.8. The zero-order chi connectivity index (χ0) is 5.98. The Hall–Kier alpha value is 0.790. The molecule has 1 aliphatic heterocycles. The molecule has 0 spiro atoms. The van der Waals surface area contributed by atoms with Crippen LogP contribution in [0.1, 0.15) is 12.8 Å². The van der Waals surface area contributed by atoms with E-state index in [1.165, 1.54) is 25.9 Å². The summed E-state index contributed by atoms with van der Waals surface area (Å²) in [5.74, 6) is 0. The molecule has 1 rings (SSSR count). The standard InChI is InChI=1S/C6H14N2.3ClH/c1-8-4-2-6(7)3-5-8;;;/h6H,2-5,7H2,1H3;3*1H. The summed E-state index contributed by atoms with van der Waals surface area (Å²) in [6.45, 7) is 2.36. The second-order valence-electron chi connectivity index (χ2n) is 2.64. The van der Waals surface area contributed by atoms with Gasteiger partial charge < -0.3 is 10.6 Å². The topological polar surface area (TPSA) is 29.3 Å². The highest BCUT2D eigenvalue weighted by Gasteiger charge is 2.10. The molecule has 2 nitrogen and oxygen atoms in total. The van der Waals surface area contributed by atoms with Gasteiger partial charge in [-0.15, -0.1) is 37.2 Å². The van der Waals surface area contributed by atoms with Crippen LogP contribution >= 0.6 is 37.2 Å². The minimum atomic E-state index is 0. The van der Waals surface area contributed by atoms with Crippen molar-refractivity contribution in [2.24, 2.45) is 5.73 Å². The molecule has 1 aliphatic rings. The van der Waals surface area contributed by atoms with Crippen molar-refractivity contribution in [1.82, 2.24) is 4.90 Å². The van der Waals surface area contributed by atoms with E-state index in [1.54, 1.807) is 0 Å². The lowest BCUT2D eigenvalue weighted by atomic mass is 10.1. The molecule has 2 N–H and O–H groups in total. The summed E-state index contributed by atoms with van der Waals surface area (Å²) in [6.07, 6.45) is 2.35. The molecular weight excluding hydrogens is 206 g/mol. The van der Waals surface area contributed by atoms with Gasteiger partial charge in [0.15, 0.2) is 0 Å². The lowest BCUT2D eigenvalue weighted by Crippen LogP contribution is -2.37. The second-order valence-corrected chi connectivity index (χ2v) is 2.64. The van der Waals surface area contributed by atoms with Crippen molar-refractivity contribution in [2.45, 2.75) is 18.9 Å². The third-order valence-electron chi connectivity index (χ3n) is 1.76. The number of nitrogens with zero attached hydrogens (tertiary/aromatic N) is 1. The first-order valence-electron chi connectivity index (χ1n) is 3.23. The van der Waals surface area contributed by atoms with E-state index in [4.69, 9.17) is 5.73 Å². The van der Waals surface area contributed by atoms with Crippen LogP contribution in [0.3, 0.4) is 0 Å². The Bertz CT molecular complexity index is 64.2. The molecular formula is C6H17Cl3N2. The third kappa shape index (κ3) is 7.16. The van der Waals surface area contributed by atoms with Gasteiger partial charge in [-0.25, -0.2) is 0 Å². The summed E-state index contributed by atoms with van der Waals surface area (Å²) >= 11 is 0. The van der Waals surface area contributed by atoms with Crippen molar-refractivity contribution < 1.29 is 0 Å². The van der Waals surface area contributed by atoms with E-state index in [9.17, 15) is 0 Å². The lowest BCUT2D eigenvalue weighted by Gasteiger charge is -2.25. The maximum Gasteiger partial charge on any atom is 0.00631 e. The predicted octanol–water partition coefficient (Wildman–Crippen LogP) is 1.30. The molecule has 1 heterocycles. The zero-order valence-electron chi connectivity index (χ0n) is 6.66. The molecule has 0 unspecified atom stereocenters. The van der Waals surface area contributed by atoms with Crippen molar-refractivity contribution in [3.05, 3.63) is 0 Å². The number of piperidine rings is 1. The van der Waals surface area contributed by atoms with Crippen molar-refractivity contribution in [1.29, 1.82) is 0 Å². The van der Waals surface area contributed by atoms with Crippen molar-refractivity contribution in [3.8, 4) is 0 Å². The van der Waals surface area contributed by atoms with E-state index in [0.717, 1.165) is 0 Å². The molecule has 0 bridgehead atoms. The Morgan fingerprint density at radius 2 is 1.45 bits per heavy atom. The van der Waals surface area contributed by atoms with E-state index in [1.807, 2.05) is 0 Å². The molecule has 5 heteroatoms. The highest BCUT2D eigenvalue weighted by atomic mass is 35.5. The SMILES string of the molecule is CN1CCC(N)CC1.Cl.Cl.Cl. The number of hydrogen-bond donors (Lipinski definition) is 1. The largest absolute Gasteiger partial charge is 0.328 e. The number of hydrogen-bond acceptors (Lipinski definition) is 2. The Labute approximate surface area is 87.1 Å². The number of nitrogens with two attached hydrogens (primary N) is 1. The minimum absolute atomic E-state index is 0. The second kappa shape index (κ2) is 8.88. The van der Waals surface area contributed by atoms with Crippen LogP contribution in [0.15, 0.2) is 0 Å². The fourth-order valence-electron chi connectivity index (χ4n) is 1.03. The summed E-state index contributed by atoms with van der Waals surface area (Å²) in [6, 6.07) is 0.478. The molecule has 0 aromatic carbocycles. The predicted molar refractivity (Wildman–Crippen MR) is 56.5 cm³/mol. The molecule has 0 saturated carbocycles. The normalized spacial score (nSPS) is 19.1. The van der Waals surface area contributed by atoms with E-state index < -0.39 is 0 Å². The van der Waals surface area contributed by atoms with Crippen molar-refractivity contribution >= 4 is 37.2 Å². The van der Waals surface area contributed by atoms with Gasteiger partial charge in [0, 0.05) is 6.04 Å². The Kier molecular flexibility index (Phi) is 14.3. The molecule has 0 aromatic heterocycles. The minimum Gasteiger partial charge on any atom is -0.328 e. The van der Waals surface area contributed by atoms with Gasteiger partial charge in [0.1, 0.15) is 0 Å². The molecule has 72 valence electrons. The summed E-state index contributed by atoms with van der Waals surface area (Å²) < 4.78 is 0. The molecule has 1 saturated heterocycles. The smallest absolute Gasteiger partial charge is 0.00631 e. The average Bonchev–Trinajstić information content (AvgIpc) is 1.77. The zero-order valence-corrected chi connectivity index (χ0v) is 9.10. The number of halogens is 3. The lowest BCUT2D eigenvalue weighted by molar-refractivity contribution is 0.256. The average molecular weight is 224 g/mol. The summed E-state index contributed by atoms with van der Waals surface area (Å²) in [5, 5.41) is 0. The van der Waals surface area contributed by atoms with Crippen LogP contribution in [-0.2, 0) is 0 Å². The van der Waals surface area contributed by atoms with Crippen LogP contribution in [0, 0.1) is 0 Å². The van der Waals surface area contributed by atoms with Crippen LogP contribution in [0.5, 0.6) is 0 Å². The van der Waals surface area contributed by atoms with Crippen LogP contribution in [0.25, 0.3) is 0 Å². The van der Waals surface area contributed by atoms with Gasteiger partial charge in [-0.2, -0.15) is 0 Å². The van der Waals surface area contributed by atoms with Crippen LogP contribution in [-0.4, -0.2) is 31.1 Å². The van der Waals surface area contributed by atoms with Gasteiger partial charge in [-0.05, 0) is 33.0 Å². The first-order chi connectivity index (χ1) is 3.79. The van der Waals surface area contributed by atoms with Crippen LogP contribution in [0.4, 0.5) is 0 Å². The fraction of sp³-hybridized carbons (Fsp3) is 1.00. The maximum atomic E-state index is 5.67. The quantitative estimate of drug-likeness (QED) is 0.671. The summed E-state index contributed by atoms with van der Waals surface area (Å²) in [5.41, 5.74) is 5.67. The fourth-order valence-corrected chi connectivity index (χ4v) is 1.03. The molecule has 1 fully saturated rings. The Morgan fingerprint density at radius 1 is 1.09 bits per heavy atom. The van der Waals surface area contributed by atoms with Crippen molar-refractivity contribution in [2.75, 3.05) is 20.1 Å². The summed E-state index contributed by atoms with van der Waals surface area (Å²) in [7, 11) is 2.14. The highest BCUT2D eigenvalue weighted by molar-refractivity contribution is 5.86. The van der Waals surface area contributed by atoms with E-state index >= 15 is 0 Å². The number of likely N-dealkylation sites (tertiary alicyclic amines) is 1. The number of rotatable bonds is 0. The van der Waals surface area contributed by atoms with Crippen molar-refractivity contribution in [3.63, 3.8) is 0 Å². The van der Waals surface area contributed by atoms with Gasteiger partial charge in [0.05, 0.1) is 0 Å². The molecule has 0 radical (unpaired) electrons. The van der Waals surface area contributed by atoms with Gasteiger partial charge >= 0.3 is 0 Å². The first-order valence-corrected chi connectivity index (χ1v) is 3.23. The Balaban J connectivity index is -0.000000213. The van der Waals surface area contributed by atoms with Gasteiger partial charge in [-0.3, -0.25) is 0 Å². The highest BCUT2D eigenvalue weighted by Crippen LogP contribution is 2.04. The molecule has 11 heavy (non-hydrogen) atoms. The Morgan fingerprint density at radius 3 is 1.73 bits per heavy atom. The van der Waals surface area contributed by atoms with E-state index in [0.29, 0.717) is 6.04 Å². The van der Waals surface area contributed by atoms with E-state index in [-0.39, 0.29) is 37.2 Å². The third-order valence-corrected chi connectivity index (χ3v) is 1.76. The molecule has 0 aliphatic carbocycles. The molecule has 0 aromatic rings. The van der Waals surface area contributed by atoms with Gasteiger partial charge in [-0.1, -0.05) is 0 Å². The molecule has 0 atom stereocenters. The molecule has 0 amide bonds. The van der Waals surface area contributed by atoms with E-state index in [2.05, 4.69) is 11.9 Å². The van der Waals surface area contributed by atoms with Gasteiger partial charge in [0.2, 0.25) is 0 Å². The monoisotopic (exact) mass is 222 g/mol.